The van der Waals surface area contributed by atoms with Crippen molar-refractivity contribution < 1.29 is 5.11 Å². The molecule has 0 saturated carbocycles. The molecule has 0 aromatic rings. The molecule has 1 nitrogen and oxygen atoms in total. The number of rotatable bonds is 1. The first-order chi connectivity index (χ1) is 2.41. The van der Waals surface area contributed by atoms with Gasteiger partial charge in [-0.2, -0.15) is 0 Å². The Hall–Kier alpha value is 0.180. The van der Waals surface area contributed by atoms with Gasteiger partial charge >= 0.3 is 0 Å². The maximum absolute atomic E-state index is 9.41. The Morgan fingerprint density at radius 3 is 2.40 bits per heavy atom. The van der Waals surface area contributed by atoms with Gasteiger partial charge in [0.2, 0.25) is 0 Å². The Kier molecular flexibility index (Phi) is 4.33. The molecule has 0 bridgehead atoms. The molecule has 0 rings (SSSR count). The van der Waals surface area contributed by atoms with Crippen LogP contribution < -0.4 is 0 Å². The van der Waals surface area contributed by atoms with Crippen LogP contribution in [0.25, 0.3) is 0 Å². The van der Waals surface area contributed by atoms with Crippen LogP contribution in [0.1, 0.15) is 0 Å². The third-order valence-electron chi connectivity index (χ3n) is 0.185. The SMILES string of the molecule is [O]CC=CBr. The summed E-state index contributed by atoms with van der Waals surface area (Å²) < 4.78 is 0. The van der Waals surface area contributed by atoms with Crippen molar-refractivity contribution in [1.29, 1.82) is 0 Å². The molecule has 0 atom stereocenters. The van der Waals surface area contributed by atoms with Crippen LogP contribution in [0.4, 0.5) is 0 Å². The average molecular weight is 136 g/mol. The second kappa shape index (κ2) is 4.18. The lowest BCUT2D eigenvalue weighted by Gasteiger charge is -1.60. The van der Waals surface area contributed by atoms with E-state index in [4.69, 9.17) is 0 Å². The fourth-order valence-electron chi connectivity index (χ4n) is 0.0364. The quantitative estimate of drug-likeness (QED) is 0.518. The topological polar surface area (TPSA) is 19.9 Å². The van der Waals surface area contributed by atoms with Gasteiger partial charge in [-0.25, -0.2) is 5.11 Å². The molecule has 2 heteroatoms. The van der Waals surface area contributed by atoms with Crippen LogP contribution in [0, 0.1) is 0 Å². The van der Waals surface area contributed by atoms with E-state index in [1.165, 1.54) is 6.08 Å². The Balaban J connectivity index is 2.62. The molecular weight excluding hydrogens is 132 g/mol. The van der Waals surface area contributed by atoms with Crippen LogP contribution in [0.3, 0.4) is 0 Å². The van der Waals surface area contributed by atoms with Gasteiger partial charge in [0, 0.05) is 0 Å². The van der Waals surface area contributed by atoms with Crippen molar-refractivity contribution in [2.24, 2.45) is 0 Å². The summed E-state index contributed by atoms with van der Waals surface area (Å²) in [6, 6.07) is 0. The van der Waals surface area contributed by atoms with Gasteiger partial charge in [-0.3, -0.25) is 0 Å². The standard InChI is InChI=1S/C3H4BrO/c4-2-1-3-5/h1-2H,3H2. The molecule has 0 heterocycles. The molecule has 5 heavy (non-hydrogen) atoms. The van der Waals surface area contributed by atoms with Crippen molar-refractivity contribution in [2.45, 2.75) is 0 Å². The molecule has 29 valence electrons. The first-order valence-corrected chi connectivity index (χ1v) is 2.16. The number of hydrogen-bond acceptors (Lipinski definition) is 0. The molecule has 0 aromatic heterocycles. The highest BCUT2D eigenvalue weighted by atomic mass is 79.9. The molecule has 1 radical (unpaired) electrons. The lowest BCUT2D eigenvalue weighted by atomic mass is 10.7. The van der Waals surface area contributed by atoms with Gasteiger partial charge < -0.3 is 0 Å². The second-order valence-electron chi connectivity index (χ2n) is 0.528. The first kappa shape index (κ1) is 5.18. The summed E-state index contributed by atoms with van der Waals surface area (Å²) in [5.41, 5.74) is 0. The number of halogens is 1. The largest absolute Gasteiger partial charge is 0.232 e. The molecule has 0 saturated heterocycles. The molecule has 0 unspecified atom stereocenters. The Bertz CT molecular complexity index is 33.9. The first-order valence-electron chi connectivity index (χ1n) is 1.25. The molecule has 0 fully saturated rings. The molecule has 0 aliphatic heterocycles. The van der Waals surface area contributed by atoms with E-state index in [-0.39, 0.29) is 6.61 Å². The van der Waals surface area contributed by atoms with Crippen LogP contribution in [-0.2, 0) is 5.11 Å². The lowest BCUT2D eigenvalue weighted by molar-refractivity contribution is 0.232. The smallest absolute Gasteiger partial charge is 0.101 e. The average Bonchev–Trinajstić information content (AvgIpc) is 1.41. The summed E-state index contributed by atoms with van der Waals surface area (Å²) in [5, 5.41) is 9.41. The molecule has 0 aliphatic rings. The summed E-state index contributed by atoms with van der Waals surface area (Å²) in [5.74, 6) is 0. The summed E-state index contributed by atoms with van der Waals surface area (Å²) in [6.45, 7) is -0.134. The third-order valence-corrected chi connectivity index (χ3v) is 0.559. The van der Waals surface area contributed by atoms with Crippen LogP contribution >= 0.6 is 15.9 Å². The van der Waals surface area contributed by atoms with E-state index in [1.54, 1.807) is 4.99 Å². The number of hydrogen-bond donors (Lipinski definition) is 0. The minimum atomic E-state index is -0.134. The van der Waals surface area contributed by atoms with Gasteiger partial charge in [0.25, 0.3) is 0 Å². The monoisotopic (exact) mass is 135 g/mol. The van der Waals surface area contributed by atoms with Crippen molar-refractivity contribution in [1.82, 2.24) is 0 Å². The van der Waals surface area contributed by atoms with Gasteiger partial charge in [-0.1, -0.05) is 15.9 Å². The van der Waals surface area contributed by atoms with Gasteiger partial charge in [0.15, 0.2) is 0 Å². The predicted molar refractivity (Wildman–Crippen MR) is 23.6 cm³/mol. The zero-order valence-electron chi connectivity index (χ0n) is 2.65. The summed E-state index contributed by atoms with van der Waals surface area (Å²) in [6.07, 6.45) is 1.49. The molecule has 0 N–H and O–H groups in total. The minimum Gasteiger partial charge on any atom is -0.232 e. The summed E-state index contributed by atoms with van der Waals surface area (Å²) in [4.78, 5) is 1.56. The fraction of sp³-hybridized carbons (Fsp3) is 0.333. The van der Waals surface area contributed by atoms with E-state index in [1.807, 2.05) is 0 Å². The van der Waals surface area contributed by atoms with Crippen LogP contribution in [0.2, 0.25) is 0 Å². The van der Waals surface area contributed by atoms with Crippen molar-refractivity contribution in [3.8, 4) is 0 Å². The molecule has 0 aliphatic carbocycles. The van der Waals surface area contributed by atoms with Crippen LogP contribution in [0.15, 0.2) is 11.1 Å². The highest BCUT2D eigenvalue weighted by molar-refractivity contribution is 9.11. The van der Waals surface area contributed by atoms with Gasteiger partial charge in [-0.15, -0.1) is 0 Å². The van der Waals surface area contributed by atoms with E-state index in [9.17, 15) is 5.11 Å². The van der Waals surface area contributed by atoms with Gasteiger partial charge in [0.05, 0.1) is 0 Å². The summed E-state index contributed by atoms with van der Waals surface area (Å²) >= 11 is 2.93. The third kappa shape index (κ3) is 4.18. The zero-order valence-corrected chi connectivity index (χ0v) is 4.23. The minimum absolute atomic E-state index is 0.134. The Morgan fingerprint density at radius 2 is 2.40 bits per heavy atom. The predicted octanol–water partition coefficient (Wildman–Crippen LogP) is 1.33. The van der Waals surface area contributed by atoms with E-state index in [2.05, 4.69) is 15.9 Å². The van der Waals surface area contributed by atoms with E-state index in [0.29, 0.717) is 0 Å². The highest BCUT2D eigenvalue weighted by Gasteiger charge is 1.57. The lowest BCUT2D eigenvalue weighted by Crippen LogP contribution is -1.60. The molecule has 0 aromatic carbocycles. The maximum Gasteiger partial charge on any atom is 0.101 e. The van der Waals surface area contributed by atoms with E-state index >= 15 is 0 Å². The maximum atomic E-state index is 9.41. The Morgan fingerprint density at radius 1 is 1.80 bits per heavy atom. The fourth-order valence-corrected chi connectivity index (χ4v) is 0.189. The van der Waals surface area contributed by atoms with E-state index < -0.39 is 0 Å². The van der Waals surface area contributed by atoms with Crippen LogP contribution in [0.5, 0.6) is 0 Å². The molecule has 0 spiro atoms. The van der Waals surface area contributed by atoms with Crippen molar-refractivity contribution >= 4 is 15.9 Å². The van der Waals surface area contributed by atoms with Crippen molar-refractivity contribution in [3.05, 3.63) is 11.1 Å². The second-order valence-corrected chi connectivity index (χ2v) is 1.06. The zero-order chi connectivity index (χ0) is 4.12. The summed E-state index contributed by atoms with van der Waals surface area (Å²) in [7, 11) is 0. The normalized spacial score (nSPS) is 10.0. The highest BCUT2D eigenvalue weighted by Crippen LogP contribution is 1.77. The molecular formula is C3H4BrO. The molecule has 0 amide bonds. The Labute approximate surface area is 39.4 Å². The van der Waals surface area contributed by atoms with Crippen molar-refractivity contribution in [2.75, 3.05) is 6.61 Å². The van der Waals surface area contributed by atoms with Gasteiger partial charge in [-0.05, 0) is 11.1 Å². The van der Waals surface area contributed by atoms with Crippen LogP contribution in [-0.4, -0.2) is 6.61 Å². The van der Waals surface area contributed by atoms with E-state index in [0.717, 1.165) is 0 Å². The van der Waals surface area contributed by atoms with Crippen molar-refractivity contribution in [3.63, 3.8) is 0 Å². The van der Waals surface area contributed by atoms with Gasteiger partial charge in [0.1, 0.15) is 6.61 Å².